The van der Waals surface area contributed by atoms with E-state index >= 15 is 0 Å². The standard InChI is InChI=1S/C21H25N5OS/c1-25(2)19(27)13-26-10-8-16(9-11-26)24-20-17-12-18(15-6-4-3-5-7-15)28-21(17)23-14-22-20/h3-7,12,14,16H,8-11,13H2,1-2H3,(H,22,23,24). The highest BCUT2D eigenvalue weighted by Gasteiger charge is 2.22. The van der Waals surface area contributed by atoms with Crippen LogP contribution in [0.3, 0.4) is 0 Å². The number of amides is 1. The molecule has 4 rings (SSSR count). The topological polar surface area (TPSA) is 61.4 Å². The van der Waals surface area contributed by atoms with Crippen LogP contribution in [0.2, 0.25) is 0 Å². The second-order valence-corrected chi connectivity index (χ2v) is 8.43. The van der Waals surface area contributed by atoms with Crippen LogP contribution in [0.1, 0.15) is 12.8 Å². The molecule has 1 aliphatic heterocycles. The number of hydrogen-bond donors (Lipinski definition) is 1. The predicted octanol–water partition coefficient (Wildman–Crippen LogP) is 3.32. The number of fused-ring (bicyclic) bond motifs is 1. The minimum Gasteiger partial charge on any atom is -0.367 e. The summed E-state index contributed by atoms with van der Waals surface area (Å²) in [6, 6.07) is 12.9. The minimum absolute atomic E-state index is 0.163. The lowest BCUT2D eigenvalue weighted by molar-refractivity contribution is -0.130. The highest BCUT2D eigenvalue weighted by molar-refractivity contribution is 7.21. The van der Waals surface area contributed by atoms with E-state index in [0.29, 0.717) is 12.6 Å². The number of nitrogens with zero attached hydrogens (tertiary/aromatic N) is 4. The largest absolute Gasteiger partial charge is 0.367 e. The summed E-state index contributed by atoms with van der Waals surface area (Å²) >= 11 is 1.69. The van der Waals surface area contributed by atoms with E-state index in [4.69, 9.17) is 0 Å². The van der Waals surface area contributed by atoms with Gasteiger partial charge in [-0.2, -0.15) is 0 Å². The number of nitrogens with one attached hydrogen (secondary N) is 1. The van der Waals surface area contributed by atoms with Crippen molar-refractivity contribution in [3.8, 4) is 10.4 Å². The first-order chi connectivity index (χ1) is 13.6. The van der Waals surface area contributed by atoms with Crippen LogP contribution in [0, 0.1) is 0 Å². The number of carbonyl (C=O) groups is 1. The predicted molar refractivity (Wildman–Crippen MR) is 115 cm³/mol. The summed E-state index contributed by atoms with van der Waals surface area (Å²) in [6.45, 7) is 2.34. The molecule has 1 N–H and O–H groups in total. The lowest BCUT2D eigenvalue weighted by atomic mass is 10.0. The molecule has 1 fully saturated rings. The quantitative estimate of drug-likeness (QED) is 0.718. The monoisotopic (exact) mass is 395 g/mol. The molecule has 0 radical (unpaired) electrons. The zero-order valence-corrected chi connectivity index (χ0v) is 17.1. The van der Waals surface area contributed by atoms with E-state index in [-0.39, 0.29) is 5.91 Å². The highest BCUT2D eigenvalue weighted by Crippen LogP contribution is 2.35. The number of likely N-dealkylation sites (N-methyl/N-ethyl adjacent to an activating group) is 1. The molecule has 0 unspecified atom stereocenters. The van der Waals surface area contributed by atoms with E-state index in [2.05, 4.69) is 50.5 Å². The fourth-order valence-electron chi connectivity index (χ4n) is 3.48. The molecule has 3 heterocycles. The number of rotatable bonds is 5. The summed E-state index contributed by atoms with van der Waals surface area (Å²) in [4.78, 5) is 27.0. The van der Waals surface area contributed by atoms with Crippen molar-refractivity contribution in [3.63, 3.8) is 0 Å². The third kappa shape index (κ3) is 4.15. The van der Waals surface area contributed by atoms with Gasteiger partial charge in [-0.3, -0.25) is 9.69 Å². The Morgan fingerprint density at radius 2 is 1.96 bits per heavy atom. The van der Waals surface area contributed by atoms with Crippen LogP contribution in [0.25, 0.3) is 20.7 Å². The molecule has 1 aromatic carbocycles. The molecule has 2 aromatic heterocycles. The molecule has 146 valence electrons. The van der Waals surface area contributed by atoms with Gasteiger partial charge >= 0.3 is 0 Å². The Bertz CT molecular complexity index is 948. The lowest BCUT2D eigenvalue weighted by Crippen LogP contribution is -2.44. The van der Waals surface area contributed by atoms with Crippen LogP contribution in [0.4, 0.5) is 5.82 Å². The van der Waals surface area contributed by atoms with Gasteiger partial charge < -0.3 is 10.2 Å². The highest BCUT2D eigenvalue weighted by atomic mass is 32.1. The summed E-state index contributed by atoms with van der Waals surface area (Å²) in [5.41, 5.74) is 1.20. The van der Waals surface area contributed by atoms with Crippen molar-refractivity contribution in [2.24, 2.45) is 0 Å². The molecule has 0 atom stereocenters. The minimum atomic E-state index is 0.163. The van der Waals surface area contributed by atoms with Crippen molar-refractivity contribution in [1.29, 1.82) is 0 Å². The fourth-order valence-corrected chi connectivity index (χ4v) is 4.48. The van der Waals surface area contributed by atoms with Crippen molar-refractivity contribution in [3.05, 3.63) is 42.7 Å². The summed E-state index contributed by atoms with van der Waals surface area (Å²) in [5.74, 6) is 1.07. The summed E-state index contributed by atoms with van der Waals surface area (Å²) in [7, 11) is 3.61. The van der Waals surface area contributed by atoms with E-state index in [0.717, 1.165) is 42.0 Å². The smallest absolute Gasteiger partial charge is 0.236 e. The molecule has 1 aliphatic rings. The zero-order chi connectivity index (χ0) is 19.5. The van der Waals surface area contributed by atoms with Gasteiger partial charge in [0.2, 0.25) is 5.91 Å². The zero-order valence-electron chi connectivity index (χ0n) is 16.3. The molecule has 1 saturated heterocycles. The van der Waals surface area contributed by atoms with Gasteiger partial charge in [0, 0.05) is 38.1 Å². The van der Waals surface area contributed by atoms with Crippen LogP contribution >= 0.6 is 11.3 Å². The number of piperidine rings is 1. The van der Waals surface area contributed by atoms with Crippen molar-refractivity contribution in [1.82, 2.24) is 19.8 Å². The lowest BCUT2D eigenvalue weighted by Gasteiger charge is -2.32. The second-order valence-electron chi connectivity index (χ2n) is 7.40. The van der Waals surface area contributed by atoms with Crippen molar-refractivity contribution < 1.29 is 4.79 Å². The van der Waals surface area contributed by atoms with E-state index < -0.39 is 0 Å². The molecule has 28 heavy (non-hydrogen) atoms. The maximum Gasteiger partial charge on any atom is 0.236 e. The van der Waals surface area contributed by atoms with Gasteiger partial charge in [-0.1, -0.05) is 30.3 Å². The molecule has 1 amide bonds. The summed E-state index contributed by atoms with van der Waals surface area (Å²) < 4.78 is 0. The maximum absolute atomic E-state index is 11.9. The van der Waals surface area contributed by atoms with Crippen LogP contribution < -0.4 is 5.32 Å². The van der Waals surface area contributed by atoms with Crippen LogP contribution in [-0.2, 0) is 4.79 Å². The molecule has 6 nitrogen and oxygen atoms in total. The summed E-state index contributed by atoms with van der Waals surface area (Å²) in [5, 5.41) is 4.70. The van der Waals surface area contributed by atoms with Gasteiger partial charge in [0.05, 0.1) is 11.9 Å². The van der Waals surface area contributed by atoms with Gasteiger partial charge in [0.1, 0.15) is 17.0 Å². The van der Waals surface area contributed by atoms with E-state index in [1.54, 1.807) is 22.6 Å². The molecule has 0 aliphatic carbocycles. The Morgan fingerprint density at radius 1 is 1.21 bits per heavy atom. The van der Waals surface area contributed by atoms with Gasteiger partial charge in [0.25, 0.3) is 0 Å². The Morgan fingerprint density at radius 3 is 2.68 bits per heavy atom. The van der Waals surface area contributed by atoms with Crippen LogP contribution in [0.15, 0.2) is 42.7 Å². The van der Waals surface area contributed by atoms with Gasteiger partial charge in [0.15, 0.2) is 0 Å². The van der Waals surface area contributed by atoms with Crippen molar-refractivity contribution in [2.45, 2.75) is 18.9 Å². The Hall–Kier alpha value is -2.51. The fraction of sp³-hybridized carbons (Fsp3) is 0.381. The van der Waals surface area contributed by atoms with Gasteiger partial charge in [-0.25, -0.2) is 9.97 Å². The van der Waals surface area contributed by atoms with Crippen molar-refractivity contribution in [2.75, 3.05) is 39.0 Å². The molecule has 3 aromatic rings. The second kappa shape index (κ2) is 8.24. The van der Waals surface area contributed by atoms with Gasteiger partial charge in [-0.05, 0) is 24.5 Å². The number of likely N-dealkylation sites (tertiary alicyclic amines) is 1. The molecule has 0 saturated carbocycles. The molecule has 0 spiro atoms. The first-order valence-electron chi connectivity index (χ1n) is 9.59. The normalized spacial score (nSPS) is 15.6. The number of benzene rings is 1. The number of carbonyl (C=O) groups excluding carboxylic acids is 1. The molecule has 0 bridgehead atoms. The first kappa shape index (κ1) is 18.8. The Kier molecular flexibility index (Phi) is 5.54. The van der Waals surface area contributed by atoms with E-state index in [1.807, 2.05) is 20.2 Å². The first-order valence-corrected chi connectivity index (χ1v) is 10.4. The average molecular weight is 396 g/mol. The molecule has 7 heteroatoms. The number of aromatic nitrogens is 2. The molecular formula is C21H25N5OS. The van der Waals surface area contributed by atoms with E-state index in [9.17, 15) is 4.79 Å². The summed E-state index contributed by atoms with van der Waals surface area (Å²) in [6.07, 6.45) is 3.64. The van der Waals surface area contributed by atoms with Crippen LogP contribution in [-0.4, -0.2) is 65.4 Å². The van der Waals surface area contributed by atoms with Gasteiger partial charge in [-0.15, -0.1) is 11.3 Å². The van der Waals surface area contributed by atoms with E-state index in [1.165, 1.54) is 10.4 Å². The number of thiophene rings is 1. The van der Waals surface area contributed by atoms with Crippen LogP contribution in [0.5, 0.6) is 0 Å². The maximum atomic E-state index is 11.9. The van der Waals surface area contributed by atoms with Crippen molar-refractivity contribution >= 4 is 33.3 Å². The third-order valence-corrected chi connectivity index (χ3v) is 6.27. The average Bonchev–Trinajstić information content (AvgIpc) is 3.15. The Labute approximate surface area is 169 Å². The Balaban J connectivity index is 1.44. The molecular weight excluding hydrogens is 370 g/mol. The SMILES string of the molecule is CN(C)C(=O)CN1CCC(Nc2ncnc3sc(-c4ccccc4)cc23)CC1. The third-order valence-electron chi connectivity index (χ3n) is 5.17. The number of hydrogen-bond acceptors (Lipinski definition) is 6. The number of anilines is 1.